The van der Waals surface area contributed by atoms with Gasteiger partial charge in [-0.2, -0.15) is 4.31 Å². The minimum Gasteiger partial charge on any atom is -0.339 e. The molecule has 0 fully saturated rings. The molecule has 0 atom stereocenters. The van der Waals surface area contributed by atoms with E-state index in [4.69, 9.17) is 5.73 Å². The first-order valence-electron chi connectivity index (χ1n) is 5.33. The van der Waals surface area contributed by atoms with Crippen molar-refractivity contribution in [3.63, 3.8) is 0 Å². The number of hydrogen-bond donors (Lipinski definition) is 1. The number of aryl methyl sites for hydroxylation is 1. The van der Waals surface area contributed by atoms with Gasteiger partial charge in [0, 0.05) is 26.8 Å². The standard InChI is InChI=1S/C10H20N4O2S.ClH/c1-10(2,6-11)7-14(4)17(15,16)9-5-13(3)8-12-9;/h5,8H,6-7,11H2,1-4H3;1H. The van der Waals surface area contributed by atoms with Crippen molar-refractivity contribution in [3.05, 3.63) is 12.5 Å². The van der Waals surface area contributed by atoms with Gasteiger partial charge in [-0.1, -0.05) is 13.8 Å². The molecule has 0 aliphatic rings. The van der Waals surface area contributed by atoms with Gasteiger partial charge in [-0.3, -0.25) is 0 Å². The van der Waals surface area contributed by atoms with Crippen LogP contribution in [-0.2, 0) is 17.1 Å². The second-order valence-corrected chi connectivity index (χ2v) is 7.00. The molecular weight excluding hydrogens is 276 g/mol. The smallest absolute Gasteiger partial charge is 0.261 e. The average Bonchev–Trinajstić information content (AvgIpc) is 2.64. The Morgan fingerprint density at radius 2 is 2.06 bits per heavy atom. The van der Waals surface area contributed by atoms with Gasteiger partial charge in [0.2, 0.25) is 0 Å². The fourth-order valence-corrected chi connectivity index (χ4v) is 2.75. The Labute approximate surface area is 115 Å². The Bertz CT molecular complexity index is 484. The van der Waals surface area contributed by atoms with Crippen LogP contribution in [0.5, 0.6) is 0 Å². The number of imidazole rings is 1. The van der Waals surface area contributed by atoms with Crippen molar-refractivity contribution in [2.24, 2.45) is 18.2 Å². The van der Waals surface area contributed by atoms with E-state index < -0.39 is 10.0 Å². The number of halogens is 1. The van der Waals surface area contributed by atoms with E-state index in [1.807, 2.05) is 13.8 Å². The van der Waals surface area contributed by atoms with Crippen LogP contribution >= 0.6 is 12.4 Å². The van der Waals surface area contributed by atoms with Crippen LogP contribution in [0.25, 0.3) is 0 Å². The summed E-state index contributed by atoms with van der Waals surface area (Å²) in [6.45, 7) is 4.65. The van der Waals surface area contributed by atoms with E-state index in [0.29, 0.717) is 13.1 Å². The molecule has 1 heterocycles. The van der Waals surface area contributed by atoms with E-state index in [2.05, 4.69) is 4.98 Å². The summed E-state index contributed by atoms with van der Waals surface area (Å²) in [5.74, 6) is 0. The molecule has 0 bridgehead atoms. The lowest BCUT2D eigenvalue weighted by atomic mass is 9.94. The first-order chi connectivity index (χ1) is 7.69. The van der Waals surface area contributed by atoms with E-state index in [-0.39, 0.29) is 22.8 Å². The first kappa shape index (κ1) is 17.4. The first-order valence-corrected chi connectivity index (χ1v) is 6.77. The van der Waals surface area contributed by atoms with Gasteiger partial charge in [-0.05, 0) is 12.0 Å². The molecule has 0 spiro atoms. The highest BCUT2D eigenvalue weighted by Crippen LogP contribution is 2.19. The molecule has 0 aliphatic heterocycles. The number of hydrogen-bond acceptors (Lipinski definition) is 4. The highest BCUT2D eigenvalue weighted by molar-refractivity contribution is 7.89. The average molecular weight is 297 g/mol. The maximum Gasteiger partial charge on any atom is 0.261 e. The quantitative estimate of drug-likeness (QED) is 0.855. The topological polar surface area (TPSA) is 81.2 Å². The number of sulfonamides is 1. The van der Waals surface area contributed by atoms with E-state index in [1.165, 1.54) is 16.8 Å². The van der Waals surface area contributed by atoms with Crippen molar-refractivity contribution in [3.8, 4) is 0 Å². The summed E-state index contributed by atoms with van der Waals surface area (Å²) in [7, 11) is -0.241. The normalized spacial score (nSPS) is 12.6. The number of nitrogens with zero attached hydrogens (tertiary/aromatic N) is 3. The second kappa shape index (κ2) is 6.01. The Hall–Kier alpha value is -0.630. The molecule has 0 unspecified atom stereocenters. The molecule has 0 aromatic carbocycles. The van der Waals surface area contributed by atoms with Gasteiger partial charge >= 0.3 is 0 Å². The molecule has 1 rings (SSSR count). The van der Waals surface area contributed by atoms with Crippen LogP contribution in [0, 0.1) is 5.41 Å². The Balaban J connectivity index is 0.00000289. The summed E-state index contributed by atoms with van der Waals surface area (Å²) in [6.07, 6.45) is 2.95. The minimum absolute atomic E-state index is 0. The molecule has 18 heavy (non-hydrogen) atoms. The molecule has 0 saturated carbocycles. The molecule has 8 heteroatoms. The Kier molecular flexibility index (Phi) is 5.80. The van der Waals surface area contributed by atoms with Crippen LogP contribution in [0.1, 0.15) is 13.8 Å². The Morgan fingerprint density at radius 3 is 2.44 bits per heavy atom. The fourth-order valence-electron chi connectivity index (χ4n) is 1.43. The third-order valence-corrected chi connectivity index (χ3v) is 4.25. The molecule has 0 saturated heterocycles. The van der Waals surface area contributed by atoms with E-state index in [0.717, 1.165) is 0 Å². The molecule has 0 amide bonds. The zero-order valence-corrected chi connectivity index (χ0v) is 12.8. The molecule has 1 aromatic heterocycles. The van der Waals surface area contributed by atoms with Crippen LogP contribution < -0.4 is 5.73 Å². The predicted molar refractivity (Wildman–Crippen MR) is 73.1 cm³/mol. The molecule has 0 radical (unpaired) electrons. The van der Waals surface area contributed by atoms with Gasteiger partial charge in [0.05, 0.1) is 6.33 Å². The van der Waals surface area contributed by atoms with Crippen LogP contribution in [-0.4, -0.2) is 42.4 Å². The lowest BCUT2D eigenvalue weighted by Crippen LogP contribution is -2.39. The van der Waals surface area contributed by atoms with Gasteiger partial charge in [-0.25, -0.2) is 13.4 Å². The molecule has 1 aromatic rings. The second-order valence-electron chi connectivity index (χ2n) is 5.01. The highest BCUT2D eigenvalue weighted by atomic mass is 35.5. The number of nitrogens with two attached hydrogens (primary N) is 1. The zero-order valence-electron chi connectivity index (χ0n) is 11.1. The summed E-state index contributed by atoms with van der Waals surface area (Å²) >= 11 is 0. The molecular formula is C10H21ClN4O2S. The maximum absolute atomic E-state index is 12.1. The molecule has 0 aliphatic carbocycles. The SMILES string of the molecule is CN(CC(C)(C)CN)S(=O)(=O)c1cn(C)cn1.Cl. The lowest BCUT2D eigenvalue weighted by Gasteiger charge is -2.27. The lowest BCUT2D eigenvalue weighted by molar-refractivity contribution is 0.291. The largest absolute Gasteiger partial charge is 0.339 e. The summed E-state index contributed by atoms with van der Waals surface area (Å²) in [5, 5.41) is 0.0651. The number of rotatable bonds is 5. The fraction of sp³-hybridized carbons (Fsp3) is 0.700. The highest BCUT2D eigenvalue weighted by Gasteiger charge is 2.28. The summed E-state index contributed by atoms with van der Waals surface area (Å²) in [6, 6.07) is 0. The van der Waals surface area contributed by atoms with E-state index in [9.17, 15) is 8.42 Å². The van der Waals surface area contributed by atoms with Crippen LogP contribution in [0.2, 0.25) is 0 Å². The monoisotopic (exact) mass is 296 g/mol. The summed E-state index contributed by atoms with van der Waals surface area (Å²) in [5.41, 5.74) is 5.35. The van der Waals surface area contributed by atoms with Gasteiger partial charge in [-0.15, -0.1) is 12.4 Å². The summed E-state index contributed by atoms with van der Waals surface area (Å²) in [4.78, 5) is 3.87. The molecule has 2 N–H and O–H groups in total. The molecule has 106 valence electrons. The maximum atomic E-state index is 12.1. The van der Waals surface area contributed by atoms with Gasteiger partial charge in [0.25, 0.3) is 10.0 Å². The van der Waals surface area contributed by atoms with Crippen molar-refractivity contribution in [2.75, 3.05) is 20.1 Å². The number of aromatic nitrogens is 2. The predicted octanol–water partition coefficient (Wildman–Crippen LogP) is 0.447. The van der Waals surface area contributed by atoms with Gasteiger partial charge in [0.15, 0.2) is 5.03 Å². The third-order valence-electron chi connectivity index (χ3n) is 2.56. The van der Waals surface area contributed by atoms with Crippen LogP contribution in [0.3, 0.4) is 0 Å². The third kappa shape index (κ3) is 3.94. The van der Waals surface area contributed by atoms with Gasteiger partial charge in [0.1, 0.15) is 0 Å². The molecule has 6 nitrogen and oxygen atoms in total. The van der Waals surface area contributed by atoms with Crippen LogP contribution in [0.15, 0.2) is 17.6 Å². The van der Waals surface area contributed by atoms with Crippen molar-refractivity contribution in [1.29, 1.82) is 0 Å². The van der Waals surface area contributed by atoms with E-state index >= 15 is 0 Å². The van der Waals surface area contributed by atoms with Crippen molar-refractivity contribution in [1.82, 2.24) is 13.9 Å². The Morgan fingerprint density at radius 1 is 1.50 bits per heavy atom. The van der Waals surface area contributed by atoms with Gasteiger partial charge < -0.3 is 10.3 Å². The summed E-state index contributed by atoms with van der Waals surface area (Å²) < 4.78 is 27.2. The van der Waals surface area contributed by atoms with Crippen molar-refractivity contribution >= 4 is 22.4 Å². The minimum atomic E-state index is -3.52. The van der Waals surface area contributed by atoms with Crippen LogP contribution in [0.4, 0.5) is 0 Å². The van der Waals surface area contributed by atoms with E-state index in [1.54, 1.807) is 18.7 Å². The van der Waals surface area contributed by atoms with Crippen molar-refractivity contribution in [2.45, 2.75) is 18.9 Å². The zero-order chi connectivity index (χ0) is 13.3. The van der Waals surface area contributed by atoms with Crippen molar-refractivity contribution < 1.29 is 8.42 Å².